The van der Waals surface area contributed by atoms with Gasteiger partial charge in [-0.2, -0.15) is 0 Å². The maximum Gasteiger partial charge on any atom is 0.00671 e. The summed E-state index contributed by atoms with van der Waals surface area (Å²) in [6, 6.07) is 0.491. The summed E-state index contributed by atoms with van der Waals surface area (Å²) in [7, 11) is 0. The summed E-state index contributed by atoms with van der Waals surface area (Å²) in [6.07, 6.45) is 2.57. The quantitative estimate of drug-likeness (QED) is 0.596. The van der Waals surface area contributed by atoms with E-state index in [1.54, 1.807) is 0 Å². The maximum atomic E-state index is 5.77. The number of nitrogens with two attached hydrogens (primary N) is 1. The molecule has 1 aliphatic rings. The van der Waals surface area contributed by atoms with Crippen molar-refractivity contribution in [1.82, 2.24) is 0 Å². The van der Waals surface area contributed by atoms with Crippen molar-refractivity contribution < 1.29 is 0 Å². The van der Waals surface area contributed by atoms with Gasteiger partial charge in [-0.25, -0.2) is 0 Å². The van der Waals surface area contributed by atoms with Crippen LogP contribution >= 0.6 is 0 Å². The van der Waals surface area contributed by atoms with Gasteiger partial charge in [0.05, 0.1) is 0 Å². The molecule has 0 aromatic rings. The first-order valence-corrected chi connectivity index (χ1v) is 5.47. The molecule has 0 aliphatic heterocycles. The van der Waals surface area contributed by atoms with E-state index in [0.29, 0.717) is 6.04 Å². The first-order valence-electron chi connectivity index (χ1n) is 5.47. The van der Waals surface area contributed by atoms with Crippen LogP contribution in [0.3, 0.4) is 0 Å². The Hall–Kier alpha value is -0.0400. The molecule has 0 amide bonds. The fraction of sp³-hybridized carbons (Fsp3) is 1.00. The highest BCUT2D eigenvalue weighted by Gasteiger charge is 2.25. The Kier molecular flexibility index (Phi) is 10.9. The fourth-order valence-corrected chi connectivity index (χ4v) is 1.40. The zero-order valence-electron chi connectivity index (χ0n) is 9.72. The van der Waals surface area contributed by atoms with Crippen LogP contribution in [0, 0.1) is 11.8 Å². The van der Waals surface area contributed by atoms with Crippen LogP contribution in [0.1, 0.15) is 54.4 Å². The average molecular weight is 173 g/mol. The molecule has 1 nitrogen and oxygen atoms in total. The van der Waals surface area contributed by atoms with E-state index in [9.17, 15) is 0 Å². The molecule has 1 fully saturated rings. The van der Waals surface area contributed by atoms with E-state index >= 15 is 0 Å². The molecular formula is C11H27N. The molecule has 0 saturated heterocycles. The smallest absolute Gasteiger partial charge is 0.00671 e. The third kappa shape index (κ3) is 4.76. The zero-order chi connectivity index (χ0) is 10.1. The Bertz CT molecular complexity index is 71.1. The molecule has 0 bridgehead atoms. The van der Waals surface area contributed by atoms with Crippen molar-refractivity contribution in [3.05, 3.63) is 0 Å². The molecule has 3 unspecified atom stereocenters. The SMILES string of the molecule is CC.CC.CC1CCC(N)C1C. The molecule has 0 heterocycles. The van der Waals surface area contributed by atoms with Gasteiger partial charge >= 0.3 is 0 Å². The van der Waals surface area contributed by atoms with Crippen LogP contribution in [0.4, 0.5) is 0 Å². The first kappa shape index (κ1) is 14.5. The van der Waals surface area contributed by atoms with Crippen LogP contribution in [-0.2, 0) is 0 Å². The van der Waals surface area contributed by atoms with Crippen molar-refractivity contribution in [3.8, 4) is 0 Å². The van der Waals surface area contributed by atoms with E-state index in [4.69, 9.17) is 5.73 Å². The topological polar surface area (TPSA) is 26.0 Å². The minimum absolute atomic E-state index is 0.491. The minimum Gasteiger partial charge on any atom is -0.327 e. The van der Waals surface area contributed by atoms with Gasteiger partial charge in [0.25, 0.3) is 0 Å². The molecule has 1 aliphatic carbocycles. The second-order valence-corrected chi connectivity index (χ2v) is 3.08. The maximum absolute atomic E-state index is 5.77. The standard InChI is InChI=1S/C7H15N.2C2H6/c1-5-3-4-7(8)6(5)2;2*1-2/h5-7H,3-4,8H2,1-2H3;2*1-2H3. The number of hydrogen-bond donors (Lipinski definition) is 1. The average Bonchev–Trinajstić information content (AvgIpc) is 2.43. The largest absolute Gasteiger partial charge is 0.327 e. The lowest BCUT2D eigenvalue weighted by molar-refractivity contribution is 0.422. The minimum atomic E-state index is 0.491. The predicted octanol–water partition coefficient (Wildman–Crippen LogP) is 3.43. The normalized spacial score (nSPS) is 32.8. The summed E-state index contributed by atoms with van der Waals surface area (Å²) in [4.78, 5) is 0. The van der Waals surface area contributed by atoms with Gasteiger partial charge in [0.1, 0.15) is 0 Å². The summed E-state index contributed by atoms with van der Waals surface area (Å²) in [5, 5.41) is 0. The first-order chi connectivity index (χ1) is 5.72. The second kappa shape index (κ2) is 9.05. The molecule has 0 radical (unpaired) electrons. The predicted molar refractivity (Wildman–Crippen MR) is 58.2 cm³/mol. The molecule has 76 valence electrons. The lowest BCUT2D eigenvalue weighted by atomic mass is 9.98. The molecular weight excluding hydrogens is 146 g/mol. The Morgan fingerprint density at radius 3 is 1.42 bits per heavy atom. The lowest BCUT2D eigenvalue weighted by Gasteiger charge is -2.11. The number of rotatable bonds is 0. The van der Waals surface area contributed by atoms with Crippen molar-refractivity contribution in [2.45, 2.75) is 60.4 Å². The molecule has 0 spiro atoms. The van der Waals surface area contributed by atoms with Crippen LogP contribution in [0.2, 0.25) is 0 Å². The molecule has 1 rings (SSSR count). The number of hydrogen-bond acceptors (Lipinski definition) is 1. The molecule has 1 saturated carbocycles. The van der Waals surface area contributed by atoms with Crippen LogP contribution in [0.15, 0.2) is 0 Å². The molecule has 3 atom stereocenters. The van der Waals surface area contributed by atoms with Crippen molar-refractivity contribution in [1.29, 1.82) is 0 Å². The Morgan fingerprint density at radius 1 is 0.917 bits per heavy atom. The van der Waals surface area contributed by atoms with Crippen LogP contribution < -0.4 is 5.73 Å². The summed E-state index contributed by atoms with van der Waals surface area (Å²) >= 11 is 0. The van der Waals surface area contributed by atoms with Crippen molar-refractivity contribution in [3.63, 3.8) is 0 Å². The monoisotopic (exact) mass is 173 g/mol. The van der Waals surface area contributed by atoms with Crippen LogP contribution in [0.25, 0.3) is 0 Å². The fourth-order valence-electron chi connectivity index (χ4n) is 1.40. The summed E-state index contributed by atoms with van der Waals surface area (Å²) < 4.78 is 0. The van der Waals surface area contributed by atoms with Crippen LogP contribution in [-0.4, -0.2) is 6.04 Å². The Labute approximate surface area is 78.7 Å². The van der Waals surface area contributed by atoms with Gasteiger partial charge in [0.2, 0.25) is 0 Å². The van der Waals surface area contributed by atoms with E-state index in [1.165, 1.54) is 12.8 Å². The van der Waals surface area contributed by atoms with Gasteiger partial charge in [-0.3, -0.25) is 0 Å². The van der Waals surface area contributed by atoms with E-state index < -0.39 is 0 Å². The van der Waals surface area contributed by atoms with Gasteiger partial charge in [-0.1, -0.05) is 41.5 Å². The Balaban J connectivity index is 0. The van der Waals surface area contributed by atoms with Gasteiger partial charge in [-0.15, -0.1) is 0 Å². The van der Waals surface area contributed by atoms with E-state index in [0.717, 1.165) is 11.8 Å². The zero-order valence-corrected chi connectivity index (χ0v) is 9.72. The second-order valence-electron chi connectivity index (χ2n) is 3.08. The van der Waals surface area contributed by atoms with Gasteiger partial charge in [-0.05, 0) is 24.7 Å². The Morgan fingerprint density at radius 2 is 1.33 bits per heavy atom. The molecule has 12 heavy (non-hydrogen) atoms. The van der Waals surface area contributed by atoms with Gasteiger partial charge < -0.3 is 5.73 Å². The van der Waals surface area contributed by atoms with Crippen molar-refractivity contribution >= 4 is 0 Å². The highest BCUT2D eigenvalue weighted by molar-refractivity contribution is 4.81. The van der Waals surface area contributed by atoms with Crippen LogP contribution in [0.5, 0.6) is 0 Å². The summed E-state index contributed by atoms with van der Waals surface area (Å²) in [6.45, 7) is 12.5. The molecule has 1 heteroatoms. The third-order valence-corrected chi connectivity index (χ3v) is 2.53. The van der Waals surface area contributed by atoms with Crippen molar-refractivity contribution in [2.24, 2.45) is 17.6 Å². The van der Waals surface area contributed by atoms with E-state index in [1.807, 2.05) is 27.7 Å². The summed E-state index contributed by atoms with van der Waals surface area (Å²) in [5.74, 6) is 1.62. The molecule has 0 aromatic heterocycles. The van der Waals surface area contributed by atoms with Gasteiger partial charge in [0, 0.05) is 6.04 Å². The molecule has 0 aromatic carbocycles. The van der Waals surface area contributed by atoms with Crippen molar-refractivity contribution in [2.75, 3.05) is 0 Å². The summed E-state index contributed by atoms with van der Waals surface area (Å²) in [5.41, 5.74) is 5.77. The third-order valence-electron chi connectivity index (χ3n) is 2.53. The highest BCUT2D eigenvalue weighted by Crippen LogP contribution is 2.29. The van der Waals surface area contributed by atoms with Gasteiger partial charge in [0.15, 0.2) is 0 Å². The lowest BCUT2D eigenvalue weighted by Crippen LogP contribution is -2.24. The van der Waals surface area contributed by atoms with E-state index in [2.05, 4.69) is 13.8 Å². The molecule has 2 N–H and O–H groups in total. The van der Waals surface area contributed by atoms with E-state index in [-0.39, 0.29) is 0 Å². The highest BCUT2D eigenvalue weighted by atomic mass is 14.7.